The number of carbonyl (C=O) groups is 2. The molecule has 1 aliphatic heterocycles. The molecule has 1 amide bonds. The van der Waals surface area contributed by atoms with Crippen molar-refractivity contribution in [1.82, 2.24) is 4.90 Å². The number of benzene rings is 2. The number of methoxy groups -OCH3 is 1. The van der Waals surface area contributed by atoms with Crippen LogP contribution in [0.1, 0.15) is 34.6 Å². The fourth-order valence-corrected chi connectivity index (χ4v) is 3.33. The summed E-state index contributed by atoms with van der Waals surface area (Å²) in [5.41, 5.74) is 2.38. The molecular formula is C22H26N2O4. The maximum Gasteiger partial charge on any atom is 0.254 e. The monoisotopic (exact) mass is 382 g/mol. The maximum atomic E-state index is 12.9. The van der Waals surface area contributed by atoms with Gasteiger partial charge in [0.2, 0.25) is 0 Å². The van der Waals surface area contributed by atoms with Crippen molar-refractivity contribution in [2.75, 3.05) is 44.8 Å². The summed E-state index contributed by atoms with van der Waals surface area (Å²) in [5.74, 6) is 1.26. The molecular weight excluding hydrogens is 356 g/mol. The predicted octanol–water partition coefficient (Wildman–Crippen LogP) is 3.26. The van der Waals surface area contributed by atoms with Gasteiger partial charge in [0.25, 0.3) is 5.91 Å². The van der Waals surface area contributed by atoms with E-state index in [1.165, 1.54) is 0 Å². The van der Waals surface area contributed by atoms with Crippen LogP contribution in [-0.2, 0) is 0 Å². The molecule has 2 aromatic carbocycles. The third kappa shape index (κ3) is 4.27. The summed E-state index contributed by atoms with van der Waals surface area (Å²) in [6, 6.07) is 12.9. The fraction of sp³-hybridized carbons (Fsp3) is 0.364. The molecule has 1 aliphatic rings. The number of anilines is 1. The van der Waals surface area contributed by atoms with Crippen LogP contribution in [-0.4, -0.2) is 56.5 Å². The molecule has 148 valence electrons. The van der Waals surface area contributed by atoms with Crippen molar-refractivity contribution in [1.29, 1.82) is 0 Å². The zero-order chi connectivity index (χ0) is 20.1. The minimum Gasteiger partial charge on any atom is -0.493 e. The second-order valence-electron chi connectivity index (χ2n) is 6.68. The summed E-state index contributed by atoms with van der Waals surface area (Å²) in [7, 11) is 1.57. The Labute approximate surface area is 165 Å². The van der Waals surface area contributed by atoms with Gasteiger partial charge in [-0.1, -0.05) is 0 Å². The van der Waals surface area contributed by atoms with Crippen molar-refractivity contribution >= 4 is 17.4 Å². The number of hydrogen-bond donors (Lipinski definition) is 0. The number of ether oxygens (including phenoxy) is 2. The SMILES string of the molecule is CCOc1ccc(C(=O)N2CCN(c3ccc(C(C)=O)cc3)CC2)cc1OC. The van der Waals surface area contributed by atoms with Crippen LogP contribution in [0.15, 0.2) is 42.5 Å². The Morgan fingerprint density at radius 1 is 0.929 bits per heavy atom. The van der Waals surface area contributed by atoms with Crippen LogP contribution in [0.4, 0.5) is 5.69 Å². The molecule has 0 spiro atoms. The second-order valence-corrected chi connectivity index (χ2v) is 6.68. The average Bonchev–Trinajstić information content (AvgIpc) is 2.74. The third-order valence-electron chi connectivity index (χ3n) is 4.92. The smallest absolute Gasteiger partial charge is 0.254 e. The molecule has 0 atom stereocenters. The minimum atomic E-state index is -0.00655. The number of carbonyl (C=O) groups excluding carboxylic acids is 2. The van der Waals surface area contributed by atoms with Crippen LogP contribution in [0, 0.1) is 0 Å². The van der Waals surface area contributed by atoms with E-state index < -0.39 is 0 Å². The molecule has 3 rings (SSSR count). The van der Waals surface area contributed by atoms with Crippen molar-refractivity contribution in [3.63, 3.8) is 0 Å². The van der Waals surface area contributed by atoms with Gasteiger partial charge in [-0.2, -0.15) is 0 Å². The largest absolute Gasteiger partial charge is 0.493 e. The third-order valence-corrected chi connectivity index (χ3v) is 4.92. The number of hydrogen-bond acceptors (Lipinski definition) is 5. The van der Waals surface area contributed by atoms with Crippen molar-refractivity contribution in [2.24, 2.45) is 0 Å². The molecule has 0 aromatic heterocycles. The lowest BCUT2D eigenvalue weighted by Crippen LogP contribution is -2.48. The van der Waals surface area contributed by atoms with Gasteiger partial charge < -0.3 is 19.3 Å². The highest BCUT2D eigenvalue weighted by atomic mass is 16.5. The zero-order valence-electron chi connectivity index (χ0n) is 16.6. The van der Waals surface area contributed by atoms with Crippen LogP contribution in [0.5, 0.6) is 11.5 Å². The number of piperazine rings is 1. The maximum absolute atomic E-state index is 12.9. The molecule has 1 fully saturated rings. The van der Waals surface area contributed by atoms with E-state index in [1.807, 2.05) is 36.1 Å². The lowest BCUT2D eigenvalue weighted by molar-refractivity contribution is 0.0746. The highest BCUT2D eigenvalue weighted by Crippen LogP contribution is 2.29. The first kappa shape index (κ1) is 19.7. The number of ketones is 1. The van der Waals surface area contributed by atoms with Gasteiger partial charge in [-0.25, -0.2) is 0 Å². The van der Waals surface area contributed by atoms with E-state index in [0.717, 1.165) is 18.8 Å². The number of amides is 1. The molecule has 6 nitrogen and oxygen atoms in total. The Balaban J connectivity index is 1.64. The predicted molar refractivity (Wildman–Crippen MR) is 109 cm³/mol. The van der Waals surface area contributed by atoms with E-state index in [4.69, 9.17) is 9.47 Å². The zero-order valence-corrected chi connectivity index (χ0v) is 16.6. The van der Waals surface area contributed by atoms with Crippen LogP contribution >= 0.6 is 0 Å². The molecule has 0 bridgehead atoms. The fourth-order valence-electron chi connectivity index (χ4n) is 3.33. The molecule has 0 saturated carbocycles. The summed E-state index contributed by atoms with van der Waals surface area (Å²) in [4.78, 5) is 28.4. The summed E-state index contributed by atoms with van der Waals surface area (Å²) < 4.78 is 10.9. The van der Waals surface area contributed by atoms with E-state index >= 15 is 0 Å². The van der Waals surface area contributed by atoms with E-state index in [0.29, 0.717) is 42.3 Å². The number of nitrogens with zero attached hydrogens (tertiary/aromatic N) is 2. The van der Waals surface area contributed by atoms with Crippen LogP contribution < -0.4 is 14.4 Å². The Morgan fingerprint density at radius 2 is 1.57 bits per heavy atom. The van der Waals surface area contributed by atoms with Gasteiger partial charge in [0.15, 0.2) is 17.3 Å². The van der Waals surface area contributed by atoms with Crippen molar-refractivity contribution in [3.8, 4) is 11.5 Å². The topological polar surface area (TPSA) is 59.1 Å². The van der Waals surface area contributed by atoms with Gasteiger partial charge in [-0.15, -0.1) is 0 Å². The molecule has 1 heterocycles. The molecule has 0 aliphatic carbocycles. The number of rotatable bonds is 6. The Kier molecular flexibility index (Phi) is 6.19. The van der Waals surface area contributed by atoms with E-state index in [9.17, 15) is 9.59 Å². The summed E-state index contributed by atoms with van der Waals surface area (Å²) >= 11 is 0. The Bertz CT molecular complexity index is 840. The summed E-state index contributed by atoms with van der Waals surface area (Å²) in [6.45, 7) is 6.80. The highest BCUT2D eigenvalue weighted by Gasteiger charge is 2.23. The van der Waals surface area contributed by atoms with Gasteiger partial charge in [0.05, 0.1) is 13.7 Å². The molecule has 0 radical (unpaired) electrons. The lowest BCUT2D eigenvalue weighted by atomic mass is 10.1. The van der Waals surface area contributed by atoms with Crippen molar-refractivity contribution in [3.05, 3.63) is 53.6 Å². The first-order valence-electron chi connectivity index (χ1n) is 9.49. The quantitative estimate of drug-likeness (QED) is 0.718. The highest BCUT2D eigenvalue weighted by molar-refractivity contribution is 5.95. The van der Waals surface area contributed by atoms with Crippen LogP contribution in [0.3, 0.4) is 0 Å². The Morgan fingerprint density at radius 3 is 2.14 bits per heavy atom. The molecule has 1 saturated heterocycles. The van der Waals surface area contributed by atoms with Crippen molar-refractivity contribution < 1.29 is 19.1 Å². The summed E-state index contributed by atoms with van der Waals surface area (Å²) in [6.07, 6.45) is 0. The van der Waals surface area contributed by atoms with E-state index in [2.05, 4.69) is 4.90 Å². The second kappa shape index (κ2) is 8.78. The van der Waals surface area contributed by atoms with Gasteiger partial charge in [-0.05, 0) is 56.3 Å². The lowest BCUT2D eigenvalue weighted by Gasteiger charge is -2.36. The first-order chi connectivity index (χ1) is 13.5. The van der Waals surface area contributed by atoms with Gasteiger partial charge >= 0.3 is 0 Å². The van der Waals surface area contributed by atoms with Crippen LogP contribution in [0.25, 0.3) is 0 Å². The molecule has 6 heteroatoms. The standard InChI is InChI=1S/C22H26N2O4/c1-4-28-20-10-7-18(15-21(20)27-3)22(26)24-13-11-23(12-14-24)19-8-5-17(6-9-19)16(2)25/h5-10,15H,4,11-14H2,1-3H3. The van der Waals surface area contributed by atoms with E-state index in [1.54, 1.807) is 32.2 Å². The van der Waals surface area contributed by atoms with Crippen molar-refractivity contribution in [2.45, 2.75) is 13.8 Å². The van der Waals surface area contributed by atoms with E-state index in [-0.39, 0.29) is 11.7 Å². The van der Waals surface area contributed by atoms with Gasteiger partial charge in [0.1, 0.15) is 0 Å². The molecule has 2 aromatic rings. The normalized spacial score (nSPS) is 14.0. The summed E-state index contributed by atoms with van der Waals surface area (Å²) in [5, 5.41) is 0. The average molecular weight is 382 g/mol. The Hall–Kier alpha value is -3.02. The van der Waals surface area contributed by atoms with Crippen LogP contribution in [0.2, 0.25) is 0 Å². The number of Topliss-reactive ketones (excluding diaryl/α,β-unsaturated/α-hetero) is 1. The molecule has 0 N–H and O–H groups in total. The molecule has 28 heavy (non-hydrogen) atoms. The minimum absolute atomic E-state index is 0.00655. The first-order valence-corrected chi connectivity index (χ1v) is 9.49. The van der Waals surface area contributed by atoms with Gasteiger partial charge in [-0.3, -0.25) is 9.59 Å². The van der Waals surface area contributed by atoms with Gasteiger partial charge in [0, 0.05) is 43.0 Å². The molecule has 0 unspecified atom stereocenters.